The van der Waals surface area contributed by atoms with E-state index in [1.54, 1.807) is 12.1 Å². The lowest BCUT2D eigenvalue weighted by molar-refractivity contribution is -0.0464. The highest BCUT2D eigenvalue weighted by Gasteiger charge is 2.22. The van der Waals surface area contributed by atoms with Gasteiger partial charge < -0.3 is 14.5 Å². The third kappa shape index (κ3) is 2.78. The first-order valence-corrected chi connectivity index (χ1v) is 8.58. The highest BCUT2D eigenvalue weighted by atomic mass is 79.9. The van der Waals surface area contributed by atoms with Crippen LogP contribution in [-0.2, 0) is 15.9 Å². The second-order valence-electron chi connectivity index (χ2n) is 5.57. The summed E-state index contributed by atoms with van der Waals surface area (Å²) in [6, 6.07) is 4.52. The zero-order chi connectivity index (χ0) is 17.6. The van der Waals surface area contributed by atoms with Crippen molar-refractivity contribution in [2.24, 2.45) is 0 Å². The molecule has 3 aromatic rings. The van der Waals surface area contributed by atoms with Crippen molar-refractivity contribution in [2.45, 2.75) is 19.6 Å². The number of pyridine rings is 1. The summed E-state index contributed by atoms with van der Waals surface area (Å²) in [6.07, 6.45) is -0.0491. The second kappa shape index (κ2) is 6.32. The Balaban J connectivity index is 1.78. The Morgan fingerprint density at radius 2 is 2.12 bits per heavy atom. The summed E-state index contributed by atoms with van der Waals surface area (Å²) in [6.45, 7) is 2.80. The van der Waals surface area contributed by atoms with Gasteiger partial charge in [0.2, 0.25) is 5.43 Å². The van der Waals surface area contributed by atoms with Crippen molar-refractivity contribution in [3.8, 4) is 5.69 Å². The van der Waals surface area contributed by atoms with Crippen molar-refractivity contribution >= 4 is 27.1 Å². The number of hydrogen-bond donors (Lipinski definition) is 1. The standard InChI is InChI=1S/C16H14BrFN4O3/c1-2-11-12(17)14(23)13-15(19-11)21-22(20-13)8-3-4-9(10(18)7-8)16-24-5-6-25-16/h3-4,7,16H,2,5-6H2,1H3,(H,19,21). The average molecular weight is 409 g/mol. The molecule has 1 N–H and O–H groups in total. The Kier molecular flexibility index (Phi) is 4.14. The molecule has 9 heteroatoms. The van der Waals surface area contributed by atoms with Gasteiger partial charge in [0.25, 0.3) is 0 Å². The molecule has 0 unspecified atom stereocenters. The molecule has 0 amide bonds. The third-order valence-corrected chi connectivity index (χ3v) is 4.85. The maximum absolute atomic E-state index is 14.4. The Morgan fingerprint density at radius 3 is 2.80 bits per heavy atom. The number of aromatic amines is 1. The first kappa shape index (κ1) is 16.4. The Hall–Kier alpha value is -2.10. The molecule has 0 radical (unpaired) electrons. The van der Waals surface area contributed by atoms with Gasteiger partial charge in [0, 0.05) is 17.3 Å². The van der Waals surface area contributed by atoms with Crippen LogP contribution < -0.4 is 5.43 Å². The number of halogens is 2. The summed E-state index contributed by atoms with van der Waals surface area (Å²) in [4.78, 5) is 16.7. The molecule has 1 aliphatic heterocycles. The van der Waals surface area contributed by atoms with E-state index < -0.39 is 12.1 Å². The van der Waals surface area contributed by atoms with Crippen molar-refractivity contribution in [2.75, 3.05) is 13.2 Å². The zero-order valence-electron chi connectivity index (χ0n) is 13.3. The van der Waals surface area contributed by atoms with E-state index in [0.29, 0.717) is 41.0 Å². The van der Waals surface area contributed by atoms with Gasteiger partial charge in [0.15, 0.2) is 17.5 Å². The summed E-state index contributed by atoms with van der Waals surface area (Å²) < 4.78 is 25.5. The van der Waals surface area contributed by atoms with Gasteiger partial charge in [-0.25, -0.2) is 4.39 Å². The van der Waals surface area contributed by atoms with Crippen molar-refractivity contribution < 1.29 is 13.9 Å². The van der Waals surface area contributed by atoms with Crippen LogP contribution in [0.4, 0.5) is 4.39 Å². The van der Waals surface area contributed by atoms with Gasteiger partial charge in [0.05, 0.1) is 23.4 Å². The lowest BCUT2D eigenvalue weighted by Crippen LogP contribution is -2.08. The topological polar surface area (TPSA) is 82.0 Å². The minimum absolute atomic E-state index is 0.191. The van der Waals surface area contributed by atoms with Crippen LogP contribution in [0.3, 0.4) is 0 Å². The number of fused-ring (bicyclic) bond motifs is 1. The fourth-order valence-corrected chi connectivity index (χ4v) is 3.28. The maximum atomic E-state index is 14.4. The number of H-pyrrole nitrogens is 1. The predicted octanol–water partition coefficient (Wildman–Crippen LogP) is 2.62. The fraction of sp³-hybridized carbons (Fsp3) is 0.312. The van der Waals surface area contributed by atoms with E-state index in [0.717, 1.165) is 5.69 Å². The normalized spacial score (nSPS) is 15.3. The maximum Gasteiger partial charge on any atom is 0.225 e. The first-order chi connectivity index (χ1) is 12.1. The largest absolute Gasteiger partial charge is 0.346 e. The molecule has 2 aromatic heterocycles. The summed E-state index contributed by atoms with van der Waals surface area (Å²) >= 11 is 3.28. The van der Waals surface area contributed by atoms with E-state index >= 15 is 0 Å². The lowest BCUT2D eigenvalue weighted by Gasteiger charge is -2.11. The summed E-state index contributed by atoms with van der Waals surface area (Å²) in [5.41, 5.74) is 1.76. The van der Waals surface area contributed by atoms with Crippen LogP contribution in [0.25, 0.3) is 16.9 Å². The van der Waals surface area contributed by atoms with E-state index in [4.69, 9.17) is 9.47 Å². The van der Waals surface area contributed by atoms with Crippen LogP contribution in [0.2, 0.25) is 0 Å². The zero-order valence-corrected chi connectivity index (χ0v) is 14.8. The minimum Gasteiger partial charge on any atom is -0.346 e. The highest BCUT2D eigenvalue weighted by Crippen LogP contribution is 2.27. The molecule has 0 spiro atoms. The molecule has 130 valence electrons. The number of hydrogen-bond acceptors (Lipinski definition) is 5. The van der Waals surface area contributed by atoms with Crippen LogP contribution >= 0.6 is 15.9 Å². The van der Waals surface area contributed by atoms with E-state index in [1.807, 2.05) is 6.92 Å². The molecule has 3 heterocycles. The van der Waals surface area contributed by atoms with Crippen molar-refractivity contribution in [3.05, 3.63) is 50.0 Å². The Morgan fingerprint density at radius 1 is 1.36 bits per heavy atom. The SMILES string of the molecule is CCc1[nH]c2nn(-c3ccc(C4OCCO4)c(F)c3)nc2c(=O)c1Br. The van der Waals surface area contributed by atoms with Gasteiger partial charge in [0.1, 0.15) is 5.82 Å². The number of ether oxygens (including phenoxy) is 2. The van der Waals surface area contributed by atoms with E-state index in [2.05, 4.69) is 31.1 Å². The van der Waals surface area contributed by atoms with E-state index in [-0.39, 0.29) is 10.9 Å². The minimum atomic E-state index is -0.691. The number of aromatic nitrogens is 4. The molecule has 1 saturated heterocycles. The molecule has 25 heavy (non-hydrogen) atoms. The molecular weight excluding hydrogens is 395 g/mol. The number of rotatable bonds is 3. The lowest BCUT2D eigenvalue weighted by atomic mass is 10.2. The number of nitrogens with one attached hydrogen (secondary N) is 1. The Bertz CT molecular complexity index is 1010. The van der Waals surface area contributed by atoms with Crippen molar-refractivity contribution in [1.82, 2.24) is 20.0 Å². The molecule has 0 bridgehead atoms. The van der Waals surface area contributed by atoms with Crippen molar-refractivity contribution in [1.29, 1.82) is 0 Å². The van der Waals surface area contributed by atoms with Gasteiger partial charge in [-0.2, -0.15) is 0 Å². The van der Waals surface area contributed by atoms with Gasteiger partial charge >= 0.3 is 0 Å². The van der Waals surface area contributed by atoms with Crippen LogP contribution in [0.5, 0.6) is 0 Å². The van der Waals surface area contributed by atoms with Gasteiger partial charge in [-0.1, -0.05) is 6.92 Å². The van der Waals surface area contributed by atoms with Crippen LogP contribution in [0, 0.1) is 5.82 Å². The van der Waals surface area contributed by atoms with E-state index in [9.17, 15) is 9.18 Å². The monoisotopic (exact) mass is 408 g/mol. The number of aryl methyl sites for hydroxylation is 1. The number of nitrogens with zero attached hydrogens (tertiary/aromatic N) is 3. The fourth-order valence-electron chi connectivity index (χ4n) is 2.71. The molecular formula is C16H14BrFN4O3. The highest BCUT2D eigenvalue weighted by molar-refractivity contribution is 9.10. The molecule has 7 nitrogen and oxygen atoms in total. The predicted molar refractivity (Wildman–Crippen MR) is 91.2 cm³/mol. The van der Waals surface area contributed by atoms with Gasteiger partial charge in [-0.05, 0) is 34.5 Å². The second-order valence-corrected chi connectivity index (χ2v) is 6.36. The molecule has 4 rings (SSSR count). The van der Waals surface area contributed by atoms with Crippen LogP contribution in [-0.4, -0.2) is 33.2 Å². The molecule has 1 aromatic carbocycles. The smallest absolute Gasteiger partial charge is 0.225 e. The molecule has 1 fully saturated rings. The Labute approximate surface area is 149 Å². The molecule has 1 aliphatic rings. The number of benzene rings is 1. The van der Waals surface area contributed by atoms with E-state index in [1.165, 1.54) is 10.9 Å². The van der Waals surface area contributed by atoms with Crippen molar-refractivity contribution in [3.63, 3.8) is 0 Å². The van der Waals surface area contributed by atoms with Gasteiger partial charge in [-0.3, -0.25) is 4.79 Å². The van der Waals surface area contributed by atoms with Gasteiger partial charge in [-0.15, -0.1) is 15.0 Å². The summed E-state index contributed by atoms with van der Waals surface area (Å²) in [5, 5.41) is 8.45. The van der Waals surface area contributed by atoms with Crippen LogP contribution in [0.1, 0.15) is 24.5 Å². The average Bonchev–Trinajstić information content (AvgIpc) is 3.27. The molecule has 0 aliphatic carbocycles. The molecule has 0 atom stereocenters. The third-order valence-electron chi connectivity index (χ3n) is 4.01. The summed E-state index contributed by atoms with van der Waals surface area (Å²) in [5.74, 6) is -0.479. The molecule has 0 saturated carbocycles. The van der Waals surface area contributed by atoms with Crippen LogP contribution in [0.15, 0.2) is 27.5 Å². The summed E-state index contributed by atoms with van der Waals surface area (Å²) in [7, 11) is 0. The quantitative estimate of drug-likeness (QED) is 0.720. The first-order valence-electron chi connectivity index (χ1n) is 7.79.